The summed E-state index contributed by atoms with van der Waals surface area (Å²) in [4.78, 5) is 0. The molecule has 0 aliphatic heterocycles. The van der Waals surface area contributed by atoms with Gasteiger partial charge in [0.05, 0.1) is 12.4 Å². The first kappa shape index (κ1) is 14.3. The first-order valence-corrected chi connectivity index (χ1v) is 8.52. The largest absolute Gasteiger partial charge is 0.497 e. The number of fused-ring (bicyclic) bond motifs is 1. The van der Waals surface area contributed by atoms with Crippen molar-refractivity contribution in [3.8, 4) is 5.75 Å². The molecule has 2 atom stereocenters. The molecule has 0 saturated heterocycles. The van der Waals surface area contributed by atoms with Crippen molar-refractivity contribution in [2.45, 2.75) is 31.1 Å². The van der Waals surface area contributed by atoms with E-state index in [-0.39, 0.29) is 11.3 Å². The fourth-order valence-corrected chi connectivity index (χ4v) is 4.09. The van der Waals surface area contributed by atoms with Crippen LogP contribution in [0.1, 0.15) is 30.5 Å². The van der Waals surface area contributed by atoms with Crippen molar-refractivity contribution in [1.82, 2.24) is 5.32 Å². The third-order valence-electron chi connectivity index (χ3n) is 3.73. The van der Waals surface area contributed by atoms with Gasteiger partial charge in [0.1, 0.15) is 5.75 Å². The summed E-state index contributed by atoms with van der Waals surface area (Å²) in [6, 6.07) is 5.79. The zero-order valence-corrected chi connectivity index (χ0v) is 12.5. The molecule has 1 aliphatic carbocycles. The van der Waals surface area contributed by atoms with E-state index in [0.29, 0.717) is 6.42 Å². The van der Waals surface area contributed by atoms with E-state index in [9.17, 15) is 8.42 Å². The highest BCUT2D eigenvalue weighted by Crippen LogP contribution is 2.35. The van der Waals surface area contributed by atoms with Crippen LogP contribution in [0.15, 0.2) is 18.2 Å². The Morgan fingerprint density at radius 2 is 2.16 bits per heavy atom. The van der Waals surface area contributed by atoms with Gasteiger partial charge in [0.15, 0.2) is 9.84 Å². The summed E-state index contributed by atoms with van der Waals surface area (Å²) in [5, 5.41) is 2.96. The van der Waals surface area contributed by atoms with Crippen molar-refractivity contribution in [3.05, 3.63) is 29.3 Å². The Morgan fingerprint density at radius 1 is 1.42 bits per heavy atom. The highest BCUT2D eigenvalue weighted by molar-refractivity contribution is 7.91. The summed E-state index contributed by atoms with van der Waals surface area (Å²) in [7, 11) is -1.44. The van der Waals surface area contributed by atoms with Crippen molar-refractivity contribution < 1.29 is 13.2 Å². The minimum Gasteiger partial charge on any atom is -0.497 e. The van der Waals surface area contributed by atoms with E-state index in [4.69, 9.17) is 4.74 Å². The van der Waals surface area contributed by atoms with Crippen molar-refractivity contribution in [2.24, 2.45) is 0 Å². The molecule has 0 bridgehead atoms. The number of sulfone groups is 1. The lowest BCUT2D eigenvalue weighted by molar-refractivity contribution is 0.409. The third-order valence-corrected chi connectivity index (χ3v) is 5.34. The van der Waals surface area contributed by atoms with Gasteiger partial charge in [0, 0.05) is 12.3 Å². The lowest BCUT2D eigenvalue weighted by Gasteiger charge is -2.33. The van der Waals surface area contributed by atoms with Crippen LogP contribution in [-0.4, -0.2) is 33.6 Å². The summed E-state index contributed by atoms with van der Waals surface area (Å²) in [6.45, 7) is 2.74. The van der Waals surface area contributed by atoms with Crippen LogP contribution in [0, 0.1) is 0 Å². The Bertz CT molecular complexity index is 554. The second-order valence-electron chi connectivity index (χ2n) is 5.01. The van der Waals surface area contributed by atoms with Crippen LogP contribution in [0.4, 0.5) is 0 Å². The van der Waals surface area contributed by atoms with Gasteiger partial charge in [-0.2, -0.15) is 0 Å². The molecule has 1 aromatic rings. The summed E-state index contributed by atoms with van der Waals surface area (Å²) < 4.78 is 29.2. The minimum atomic E-state index is -3.06. The lowest BCUT2D eigenvalue weighted by atomic mass is 9.87. The number of hydrogen-bond acceptors (Lipinski definition) is 4. The summed E-state index contributed by atoms with van der Waals surface area (Å²) in [5.74, 6) is 0.774. The van der Waals surface area contributed by atoms with Gasteiger partial charge < -0.3 is 10.1 Å². The highest BCUT2D eigenvalue weighted by atomic mass is 32.2. The molecule has 1 N–H and O–H groups in total. The molecular weight excluding hydrogens is 262 g/mol. The number of aryl methyl sites for hydroxylation is 1. The number of rotatable bonds is 4. The number of hydrogen-bond donors (Lipinski definition) is 1. The monoisotopic (exact) mass is 283 g/mol. The Labute approximate surface area is 115 Å². The van der Waals surface area contributed by atoms with Crippen LogP contribution in [0.2, 0.25) is 0 Å². The Morgan fingerprint density at radius 3 is 2.74 bits per heavy atom. The molecule has 2 rings (SSSR count). The van der Waals surface area contributed by atoms with Crippen LogP contribution in [-0.2, 0) is 16.3 Å². The van der Waals surface area contributed by atoms with Gasteiger partial charge in [-0.15, -0.1) is 0 Å². The summed E-state index contributed by atoms with van der Waals surface area (Å²) in [6.07, 6.45) is 2.81. The second-order valence-corrected chi connectivity index (χ2v) is 7.27. The standard InChI is InChI=1S/C14H21NO3S/c1-4-15-14-12-9-11(18-2)7-5-10(12)6-8-13(14)19(3,16)17/h5,7,9,13-15H,4,6,8H2,1-3H3. The molecule has 1 aliphatic rings. The second kappa shape index (κ2) is 5.51. The van der Waals surface area contributed by atoms with Crippen LogP contribution in [0.25, 0.3) is 0 Å². The van der Waals surface area contributed by atoms with Crippen molar-refractivity contribution in [1.29, 1.82) is 0 Å². The Kier molecular flexibility index (Phi) is 4.16. The van der Waals surface area contributed by atoms with Crippen LogP contribution >= 0.6 is 0 Å². The molecule has 0 aromatic heterocycles. The van der Waals surface area contributed by atoms with E-state index in [2.05, 4.69) is 5.32 Å². The maximum absolute atomic E-state index is 12.0. The van der Waals surface area contributed by atoms with Gasteiger partial charge in [0.2, 0.25) is 0 Å². The van der Waals surface area contributed by atoms with E-state index in [1.807, 2.05) is 25.1 Å². The zero-order chi connectivity index (χ0) is 14.0. The molecule has 0 amide bonds. The van der Waals surface area contributed by atoms with Crippen molar-refractivity contribution in [2.75, 3.05) is 19.9 Å². The molecule has 5 heteroatoms. The minimum absolute atomic E-state index is 0.140. The highest BCUT2D eigenvalue weighted by Gasteiger charge is 2.35. The van der Waals surface area contributed by atoms with E-state index in [1.165, 1.54) is 11.8 Å². The smallest absolute Gasteiger partial charge is 0.152 e. The molecule has 19 heavy (non-hydrogen) atoms. The number of ether oxygens (including phenoxy) is 1. The average molecular weight is 283 g/mol. The molecule has 106 valence electrons. The molecule has 0 saturated carbocycles. The molecule has 0 radical (unpaired) electrons. The molecule has 0 fully saturated rings. The summed E-state index contributed by atoms with van der Waals surface area (Å²) in [5.41, 5.74) is 2.27. The van der Waals surface area contributed by atoms with Gasteiger partial charge in [-0.25, -0.2) is 8.42 Å². The quantitative estimate of drug-likeness (QED) is 0.914. The molecular formula is C14H21NO3S. The maximum Gasteiger partial charge on any atom is 0.152 e. The topological polar surface area (TPSA) is 55.4 Å². The summed E-state index contributed by atoms with van der Waals surface area (Å²) >= 11 is 0. The van der Waals surface area contributed by atoms with E-state index in [0.717, 1.165) is 24.3 Å². The molecule has 2 unspecified atom stereocenters. The van der Waals surface area contributed by atoms with Crippen LogP contribution < -0.4 is 10.1 Å². The van der Waals surface area contributed by atoms with Crippen LogP contribution in [0.5, 0.6) is 5.75 Å². The van der Waals surface area contributed by atoms with Crippen molar-refractivity contribution >= 4 is 9.84 Å². The van der Waals surface area contributed by atoms with Gasteiger partial charge in [-0.3, -0.25) is 0 Å². The molecule has 0 heterocycles. The average Bonchev–Trinajstić information content (AvgIpc) is 2.37. The van der Waals surface area contributed by atoms with Gasteiger partial charge in [-0.1, -0.05) is 13.0 Å². The molecule has 4 nitrogen and oxygen atoms in total. The maximum atomic E-state index is 12.0. The normalized spacial score (nSPS) is 22.9. The Hall–Kier alpha value is -1.07. The van der Waals surface area contributed by atoms with Gasteiger partial charge >= 0.3 is 0 Å². The first-order valence-electron chi connectivity index (χ1n) is 6.56. The first-order chi connectivity index (χ1) is 8.97. The Balaban J connectivity index is 2.47. The predicted molar refractivity (Wildman–Crippen MR) is 76.4 cm³/mol. The zero-order valence-electron chi connectivity index (χ0n) is 11.6. The number of methoxy groups -OCH3 is 1. The van der Waals surface area contributed by atoms with E-state index >= 15 is 0 Å². The fraction of sp³-hybridized carbons (Fsp3) is 0.571. The molecule has 0 spiro atoms. The fourth-order valence-electron chi connectivity index (χ4n) is 2.80. The number of nitrogens with one attached hydrogen (secondary N) is 1. The number of benzene rings is 1. The van der Waals surface area contributed by atoms with Crippen LogP contribution in [0.3, 0.4) is 0 Å². The van der Waals surface area contributed by atoms with E-state index in [1.54, 1.807) is 7.11 Å². The lowest BCUT2D eigenvalue weighted by Crippen LogP contribution is -2.40. The van der Waals surface area contributed by atoms with Gasteiger partial charge in [0.25, 0.3) is 0 Å². The SMILES string of the molecule is CCNC1c2cc(OC)ccc2CCC1S(C)(=O)=O. The van der Waals surface area contributed by atoms with Gasteiger partial charge in [-0.05, 0) is 42.6 Å². The predicted octanol–water partition coefficient (Wildman–Crippen LogP) is 1.71. The van der Waals surface area contributed by atoms with Crippen molar-refractivity contribution in [3.63, 3.8) is 0 Å². The molecule has 1 aromatic carbocycles. The third kappa shape index (κ3) is 2.92. The van der Waals surface area contributed by atoms with E-state index < -0.39 is 9.84 Å².